The van der Waals surface area contributed by atoms with Gasteiger partial charge in [0.15, 0.2) is 12.2 Å². The van der Waals surface area contributed by atoms with E-state index in [1.165, 1.54) is 4.90 Å². The first-order valence-electron chi connectivity index (χ1n) is 9.23. The molecule has 8 heteroatoms. The first kappa shape index (κ1) is 17.9. The lowest BCUT2D eigenvalue weighted by molar-refractivity contribution is -0.163. The molecule has 2 fully saturated rings. The number of carboxylic acids is 1. The van der Waals surface area contributed by atoms with Crippen molar-refractivity contribution in [2.75, 3.05) is 29.5 Å². The van der Waals surface area contributed by atoms with E-state index in [-0.39, 0.29) is 19.1 Å². The second-order valence-corrected chi connectivity index (χ2v) is 7.33. The van der Waals surface area contributed by atoms with Crippen molar-refractivity contribution >= 4 is 29.2 Å². The van der Waals surface area contributed by atoms with Crippen LogP contribution in [0, 0.1) is 5.92 Å². The number of amides is 2. The van der Waals surface area contributed by atoms with Gasteiger partial charge in [0, 0.05) is 30.9 Å². The lowest BCUT2D eigenvalue weighted by atomic mass is 9.99. The summed E-state index contributed by atoms with van der Waals surface area (Å²) in [7, 11) is 0. The van der Waals surface area contributed by atoms with Crippen molar-refractivity contribution in [2.24, 2.45) is 5.92 Å². The maximum atomic E-state index is 12.7. The summed E-state index contributed by atoms with van der Waals surface area (Å²) in [6, 6.07) is 5.54. The summed E-state index contributed by atoms with van der Waals surface area (Å²) in [4.78, 5) is 39.3. The highest BCUT2D eigenvalue weighted by atomic mass is 16.5. The molecule has 1 aromatic rings. The lowest BCUT2D eigenvalue weighted by Gasteiger charge is -2.35. The highest BCUT2D eigenvalue weighted by Crippen LogP contribution is 2.37. The van der Waals surface area contributed by atoms with Crippen molar-refractivity contribution in [3.05, 3.63) is 23.8 Å². The molecular weight excluding hydrogens is 352 g/mol. The number of ether oxygens (including phenoxy) is 1. The molecule has 27 heavy (non-hydrogen) atoms. The van der Waals surface area contributed by atoms with Crippen LogP contribution in [-0.4, -0.2) is 59.9 Å². The fourth-order valence-corrected chi connectivity index (χ4v) is 3.67. The van der Waals surface area contributed by atoms with Crippen molar-refractivity contribution in [3.8, 4) is 0 Å². The van der Waals surface area contributed by atoms with Crippen molar-refractivity contribution in [1.82, 2.24) is 0 Å². The second kappa shape index (κ2) is 6.94. The largest absolute Gasteiger partial charge is 0.479 e. The fraction of sp³-hybridized carbons (Fsp3) is 0.526. The molecule has 2 N–H and O–H groups in total. The number of aliphatic carboxylic acids is 1. The van der Waals surface area contributed by atoms with E-state index in [4.69, 9.17) is 9.84 Å². The van der Waals surface area contributed by atoms with Crippen LogP contribution in [0.15, 0.2) is 18.2 Å². The van der Waals surface area contributed by atoms with E-state index >= 15 is 0 Å². The third-order valence-corrected chi connectivity index (χ3v) is 5.38. The van der Waals surface area contributed by atoms with Gasteiger partial charge in [-0.1, -0.05) is 6.07 Å². The number of anilines is 2. The maximum Gasteiger partial charge on any atom is 0.335 e. The molecule has 1 aromatic carbocycles. The topological polar surface area (TPSA) is 107 Å². The number of carboxylic acid groups (broad SMARTS) is 1. The maximum absolute atomic E-state index is 12.7. The van der Waals surface area contributed by atoms with Crippen LogP contribution < -0.4 is 9.80 Å². The standard InChI is InChI=1S/C19H22N2O6/c22-15-6-4-12-3-5-13(9-14(12)21(15)10-11-1-2-11)20-7-8-27-17(18(20)24)16(23)19(25)26/h3,5,9,11,16-17,23H,1-2,4,6-8,10H2,(H,25,26)/t16-,17-/m1/s1. The highest BCUT2D eigenvalue weighted by Gasteiger charge is 2.40. The molecule has 0 unspecified atom stereocenters. The Morgan fingerprint density at radius 3 is 2.74 bits per heavy atom. The van der Waals surface area contributed by atoms with Crippen LogP contribution in [-0.2, 0) is 25.5 Å². The van der Waals surface area contributed by atoms with Crippen LogP contribution in [0.4, 0.5) is 11.4 Å². The van der Waals surface area contributed by atoms with Crippen molar-refractivity contribution in [1.29, 1.82) is 0 Å². The quantitative estimate of drug-likeness (QED) is 0.780. The molecule has 2 aliphatic heterocycles. The minimum absolute atomic E-state index is 0.0963. The van der Waals surface area contributed by atoms with Crippen LogP contribution in [0.3, 0.4) is 0 Å². The van der Waals surface area contributed by atoms with E-state index in [9.17, 15) is 19.5 Å². The van der Waals surface area contributed by atoms with Gasteiger partial charge in [0.05, 0.1) is 6.61 Å². The number of aliphatic hydroxyl groups is 1. The number of fused-ring (bicyclic) bond motifs is 1. The summed E-state index contributed by atoms with van der Waals surface area (Å²) in [5.41, 5.74) is 2.48. The number of aryl methyl sites for hydroxylation is 1. The van der Waals surface area contributed by atoms with Gasteiger partial charge in [-0.2, -0.15) is 0 Å². The number of hydrogen-bond donors (Lipinski definition) is 2. The second-order valence-electron chi connectivity index (χ2n) is 7.33. The molecule has 1 aliphatic carbocycles. The minimum Gasteiger partial charge on any atom is -0.479 e. The number of benzene rings is 1. The average molecular weight is 374 g/mol. The fourth-order valence-electron chi connectivity index (χ4n) is 3.67. The highest BCUT2D eigenvalue weighted by molar-refractivity contribution is 6.02. The molecule has 1 saturated carbocycles. The molecule has 0 aromatic heterocycles. The van der Waals surface area contributed by atoms with E-state index in [0.717, 1.165) is 24.1 Å². The molecule has 0 bridgehead atoms. The molecule has 0 radical (unpaired) electrons. The molecule has 8 nitrogen and oxygen atoms in total. The SMILES string of the molecule is O=C(O)[C@H](O)[C@H]1OCCN(c2ccc3c(c2)N(CC2CC2)C(=O)CC3)C1=O. The van der Waals surface area contributed by atoms with Crippen LogP contribution in [0.2, 0.25) is 0 Å². The molecule has 1 saturated heterocycles. The van der Waals surface area contributed by atoms with Crippen LogP contribution >= 0.6 is 0 Å². The van der Waals surface area contributed by atoms with Crippen LogP contribution in [0.5, 0.6) is 0 Å². The Bertz CT molecular complexity index is 790. The smallest absolute Gasteiger partial charge is 0.335 e. The van der Waals surface area contributed by atoms with Gasteiger partial charge in [0.25, 0.3) is 5.91 Å². The third kappa shape index (κ3) is 3.42. The predicted molar refractivity (Wildman–Crippen MR) is 95.6 cm³/mol. The Hall–Kier alpha value is -2.45. The van der Waals surface area contributed by atoms with E-state index in [2.05, 4.69) is 0 Å². The monoisotopic (exact) mass is 374 g/mol. The van der Waals surface area contributed by atoms with Gasteiger partial charge in [-0.05, 0) is 42.9 Å². The number of carbonyl (C=O) groups is 3. The summed E-state index contributed by atoms with van der Waals surface area (Å²) in [6.45, 7) is 1.09. The van der Waals surface area contributed by atoms with Crippen LogP contribution in [0.25, 0.3) is 0 Å². The first-order chi connectivity index (χ1) is 13.0. The Morgan fingerprint density at radius 1 is 1.26 bits per heavy atom. The van der Waals surface area contributed by atoms with Gasteiger partial charge in [-0.15, -0.1) is 0 Å². The zero-order valence-electron chi connectivity index (χ0n) is 14.8. The number of morpholine rings is 1. The molecule has 2 amide bonds. The average Bonchev–Trinajstić information content (AvgIpc) is 3.47. The minimum atomic E-state index is -1.91. The molecule has 2 atom stereocenters. The molecule has 0 spiro atoms. The zero-order chi connectivity index (χ0) is 19.1. The predicted octanol–water partition coefficient (Wildman–Crippen LogP) is 0.553. The van der Waals surface area contributed by atoms with Crippen molar-refractivity contribution in [2.45, 2.75) is 37.9 Å². The van der Waals surface area contributed by atoms with E-state index in [1.54, 1.807) is 6.07 Å². The van der Waals surface area contributed by atoms with Gasteiger partial charge in [-0.25, -0.2) is 4.79 Å². The first-order valence-corrected chi connectivity index (χ1v) is 9.23. The molecule has 2 heterocycles. The van der Waals surface area contributed by atoms with Crippen LogP contribution in [0.1, 0.15) is 24.8 Å². The molecule has 144 valence electrons. The number of carbonyl (C=O) groups excluding carboxylic acids is 2. The summed E-state index contributed by atoms with van der Waals surface area (Å²) >= 11 is 0. The van der Waals surface area contributed by atoms with E-state index in [0.29, 0.717) is 31.0 Å². The summed E-state index contributed by atoms with van der Waals surface area (Å²) in [6.07, 6.45) is 0.0860. The van der Waals surface area contributed by atoms with Gasteiger partial charge in [0.1, 0.15) is 0 Å². The molecule has 3 aliphatic rings. The Kier molecular flexibility index (Phi) is 4.61. The number of nitrogens with zero attached hydrogens (tertiary/aromatic N) is 2. The molecular formula is C19H22N2O6. The number of hydrogen-bond acceptors (Lipinski definition) is 5. The van der Waals surface area contributed by atoms with E-state index < -0.39 is 24.1 Å². The summed E-state index contributed by atoms with van der Waals surface area (Å²) < 4.78 is 5.19. The Morgan fingerprint density at radius 2 is 2.04 bits per heavy atom. The Balaban J connectivity index is 1.62. The third-order valence-electron chi connectivity index (χ3n) is 5.38. The van der Waals surface area contributed by atoms with Crippen molar-refractivity contribution in [3.63, 3.8) is 0 Å². The summed E-state index contributed by atoms with van der Waals surface area (Å²) in [5, 5.41) is 18.7. The molecule has 4 rings (SSSR count). The van der Waals surface area contributed by atoms with Gasteiger partial charge < -0.3 is 24.7 Å². The van der Waals surface area contributed by atoms with E-state index in [1.807, 2.05) is 17.0 Å². The normalized spacial score (nSPS) is 24.0. The summed E-state index contributed by atoms with van der Waals surface area (Å²) in [5.74, 6) is -1.45. The van der Waals surface area contributed by atoms with Crippen molar-refractivity contribution < 1.29 is 29.3 Å². The van der Waals surface area contributed by atoms with Gasteiger partial charge in [0.2, 0.25) is 5.91 Å². The van der Waals surface area contributed by atoms with Gasteiger partial charge in [-0.3, -0.25) is 9.59 Å². The number of aliphatic hydroxyl groups excluding tert-OH is 1. The Labute approximate surface area is 156 Å². The van der Waals surface area contributed by atoms with Gasteiger partial charge >= 0.3 is 5.97 Å². The number of rotatable bonds is 5. The zero-order valence-corrected chi connectivity index (χ0v) is 14.8. The lowest BCUT2D eigenvalue weighted by Crippen LogP contribution is -2.54.